The molecule has 0 saturated heterocycles. The number of halogens is 2. The minimum atomic E-state index is -2.42. The highest BCUT2D eigenvalue weighted by atomic mass is 19.3. The first-order valence-corrected chi connectivity index (χ1v) is 7.02. The zero-order chi connectivity index (χ0) is 13.7. The summed E-state index contributed by atoms with van der Waals surface area (Å²) < 4.78 is 25.3. The fourth-order valence-electron chi connectivity index (χ4n) is 2.49. The summed E-state index contributed by atoms with van der Waals surface area (Å²) >= 11 is 0. The number of benzene rings is 1. The van der Waals surface area contributed by atoms with Crippen LogP contribution in [0.15, 0.2) is 24.3 Å². The minimum absolute atomic E-state index is 0.0289. The summed E-state index contributed by atoms with van der Waals surface area (Å²) in [7, 11) is 0. The molecule has 2 rings (SSSR count). The lowest BCUT2D eigenvalue weighted by atomic mass is 9.83. The zero-order valence-electron chi connectivity index (χ0n) is 11.1. The van der Waals surface area contributed by atoms with Crippen molar-refractivity contribution in [1.29, 1.82) is 0 Å². The van der Waals surface area contributed by atoms with Gasteiger partial charge < -0.3 is 11.1 Å². The maximum absolute atomic E-state index is 12.7. The van der Waals surface area contributed by atoms with Crippen LogP contribution in [0.1, 0.15) is 49.3 Å². The van der Waals surface area contributed by atoms with Gasteiger partial charge in [0.25, 0.3) is 6.43 Å². The lowest BCUT2D eigenvalue weighted by Gasteiger charge is -2.26. The largest absolute Gasteiger partial charge is 0.329 e. The SMILES string of the molecule is NCC(NCCC1CCC1)c1cccc(C(F)F)c1. The standard InChI is InChI=1S/C15H22F2N2/c16-15(17)13-6-2-5-12(9-13)14(10-18)19-8-7-11-3-1-4-11/h2,5-6,9,11,14-15,19H,1,3-4,7-8,10,18H2. The van der Waals surface area contributed by atoms with Crippen LogP contribution in [0.5, 0.6) is 0 Å². The summed E-state index contributed by atoms with van der Waals surface area (Å²) in [6.07, 6.45) is 2.74. The van der Waals surface area contributed by atoms with E-state index in [1.165, 1.54) is 25.3 Å². The lowest BCUT2D eigenvalue weighted by molar-refractivity contribution is 0.151. The molecule has 1 aromatic carbocycles. The van der Waals surface area contributed by atoms with Crippen molar-refractivity contribution in [3.63, 3.8) is 0 Å². The van der Waals surface area contributed by atoms with Gasteiger partial charge in [-0.3, -0.25) is 0 Å². The summed E-state index contributed by atoms with van der Waals surface area (Å²) in [5.74, 6) is 0.846. The number of nitrogens with two attached hydrogens (primary N) is 1. The average molecular weight is 268 g/mol. The van der Waals surface area contributed by atoms with E-state index in [1.807, 2.05) is 6.07 Å². The van der Waals surface area contributed by atoms with Crippen molar-refractivity contribution in [1.82, 2.24) is 5.32 Å². The molecule has 0 radical (unpaired) electrons. The van der Waals surface area contributed by atoms with Gasteiger partial charge >= 0.3 is 0 Å². The number of rotatable bonds is 7. The third-order valence-corrected chi connectivity index (χ3v) is 3.97. The first kappa shape index (κ1) is 14.4. The quantitative estimate of drug-likeness (QED) is 0.795. The number of hydrogen-bond acceptors (Lipinski definition) is 2. The molecule has 1 fully saturated rings. The van der Waals surface area contributed by atoms with Crippen LogP contribution in [0, 0.1) is 5.92 Å². The van der Waals surface area contributed by atoms with E-state index >= 15 is 0 Å². The third kappa shape index (κ3) is 3.98. The van der Waals surface area contributed by atoms with E-state index in [1.54, 1.807) is 12.1 Å². The molecule has 0 heterocycles. The molecule has 1 atom stereocenters. The van der Waals surface area contributed by atoms with Crippen molar-refractivity contribution in [2.24, 2.45) is 11.7 Å². The second-order valence-electron chi connectivity index (χ2n) is 5.30. The van der Waals surface area contributed by atoms with Gasteiger partial charge in [0, 0.05) is 18.2 Å². The molecular weight excluding hydrogens is 246 g/mol. The molecule has 106 valence electrons. The first-order valence-electron chi connectivity index (χ1n) is 7.02. The van der Waals surface area contributed by atoms with Crippen molar-refractivity contribution in [3.8, 4) is 0 Å². The van der Waals surface area contributed by atoms with Gasteiger partial charge in [-0.1, -0.05) is 37.5 Å². The molecule has 0 amide bonds. The topological polar surface area (TPSA) is 38.0 Å². The average Bonchev–Trinajstić information content (AvgIpc) is 2.37. The van der Waals surface area contributed by atoms with Gasteiger partial charge in [-0.05, 0) is 30.5 Å². The van der Waals surface area contributed by atoms with Gasteiger partial charge in [-0.25, -0.2) is 8.78 Å². The Hall–Kier alpha value is -1.00. The second kappa shape index (κ2) is 6.96. The molecule has 19 heavy (non-hydrogen) atoms. The van der Waals surface area contributed by atoms with Crippen molar-refractivity contribution >= 4 is 0 Å². The zero-order valence-corrected chi connectivity index (χ0v) is 11.1. The third-order valence-electron chi connectivity index (χ3n) is 3.97. The Morgan fingerprint density at radius 2 is 2.00 bits per heavy atom. The fourth-order valence-corrected chi connectivity index (χ4v) is 2.49. The monoisotopic (exact) mass is 268 g/mol. The number of alkyl halides is 2. The molecule has 1 aliphatic carbocycles. The molecule has 4 heteroatoms. The van der Waals surface area contributed by atoms with Gasteiger partial charge in [0.2, 0.25) is 0 Å². The molecule has 1 unspecified atom stereocenters. The molecule has 0 aliphatic heterocycles. The maximum atomic E-state index is 12.7. The number of nitrogens with one attached hydrogen (secondary N) is 1. The number of hydrogen-bond donors (Lipinski definition) is 2. The molecule has 3 N–H and O–H groups in total. The Labute approximate surface area is 113 Å². The summed E-state index contributed by atoms with van der Waals surface area (Å²) in [6, 6.07) is 6.51. The van der Waals surface area contributed by atoms with Crippen LogP contribution in [0.3, 0.4) is 0 Å². The summed E-state index contributed by atoms with van der Waals surface area (Å²) in [6.45, 7) is 1.34. The molecule has 1 aliphatic rings. The molecule has 1 saturated carbocycles. The molecule has 0 spiro atoms. The van der Waals surface area contributed by atoms with Crippen molar-refractivity contribution < 1.29 is 8.78 Å². The van der Waals surface area contributed by atoms with Crippen LogP contribution in [0.25, 0.3) is 0 Å². The van der Waals surface area contributed by atoms with E-state index in [9.17, 15) is 8.78 Å². The van der Waals surface area contributed by atoms with Crippen LogP contribution >= 0.6 is 0 Å². The van der Waals surface area contributed by atoms with Crippen LogP contribution in [-0.2, 0) is 0 Å². The van der Waals surface area contributed by atoms with Crippen molar-refractivity contribution in [2.45, 2.75) is 38.2 Å². The van der Waals surface area contributed by atoms with Gasteiger partial charge in [0.05, 0.1) is 0 Å². The van der Waals surface area contributed by atoms with Crippen LogP contribution in [0.4, 0.5) is 8.78 Å². The predicted molar refractivity (Wildman–Crippen MR) is 73.2 cm³/mol. The van der Waals surface area contributed by atoms with Gasteiger partial charge in [-0.15, -0.1) is 0 Å². The Kier molecular flexibility index (Phi) is 5.28. The van der Waals surface area contributed by atoms with E-state index in [-0.39, 0.29) is 11.6 Å². The van der Waals surface area contributed by atoms with Gasteiger partial charge in [0.15, 0.2) is 0 Å². The Morgan fingerprint density at radius 3 is 2.58 bits per heavy atom. The molecule has 1 aromatic rings. The molecule has 0 bridgehead atoms. The van der Waals surface area contributed by atoms with Crippen LogP contribution in [0.2, 0.25) is 0 Å². The van der Waals surface area contributed by atoms with Crippen LogP contribution in [-0.4, -0.2) is 13.1 Å². The van der Waals surface area contributed by atoms with Gasteiger partial charge in [0.1, 0.15) is 0 Å². The highest BCUT2D eigenvalue weighted by Gasteiger charge is 2.18. The Bertz CT molecular complexity index is 391. The lowest BCUT2D eigenvalue weighted by Crippen LogP contribution is -2.30. The van der Waals surface area contributed by atoms with E-state index in [2.05, 4.69) is 5.32 Å². The smallest absolute Gasteiger partial charge is 0.263 e. The summed E-state index contributed by atoms with van der Waals surface area (Å²) in [4.78, 5) is 0. The highest BCUT2D eigenvalue weighted by Crippen LogP contribution is 2.29. The van der Waals surface area contributed by atoms with E-state index in [0.717, 1.165) is 24.4 Å². The second-order valence-corrected chi connectivity index (χ2v) is 5.30. The normalized spacial score (nSPS) is 17.5. The molecule has 2 nitrogen and oxygen atoms in total. The fraction of sp³-hybridized carbons (Fsp3) is 0.600. The molecular formula is C15H22F2N2. The predicted octanol–water partition coefficient (Wildman–Crippen LogP) is 3.40. The molecule has 0 aromatic heterocycles. The first-order chi connectivity index (χ1) is 9.20. The minimum Gasteiger partial charge on any atom is -0.329 e. The van der Waals surface area contributed by atoms with Gasteiger partial charge in [-0.2, -0.15) is 0 Å². The Balaban J connectivity index is 1.89. The summed E-state index contributed by atoms with van der Waals surface area (Å²) in [5, 5.41) is 3.38. The van der Waals surface area contributed by atoms with Crippen molar-refractivity contribution in [2.75, 3.05) is 13.1 Å². The van der Waals surface area contributed by atoms with Crippen LogP contribution < -0.4 is 11.1 Å². The Morgan fingerprint density at radius 1 is 1.26 bits per heavy atom. The highest BCUT2D eigenvalue weighted by molar-refractivity contribution is 5.27. The van der Waals surface area contributed by atoms with E-state index in [4.69, 9.17) is 5.73 Å². The van der Waals surface area contributed by atoms with Crippen molar-refractivity contribution in [3.05, 3.63) is 35.4 Å². The van der Waals surface area contributed by atoms with E-state index < -0.39 is 6.43 Å². The summed E-state index contributed by atoms with van der Waals surface area (Å²) in [5.41, 5.74) is 6.67. The van der Waals surface area contributed by atoms with E-state index in [0.29, 0.717) is 6.54 Å². The maximum Gasteiger partial charge on any atom is 0.263 e.